The number of nitrogens with zero attached hydrogens (tertiary/aromatic N) is 1. The van der Waals surface area contributed by atoms with Crippen LogP contribution in [0.3, 0.4) is 0 Å². The predicted octanol–water partition coefficient (Wildman–Crippen LogP) is 1.37. The first kappa shape index (κ1) is 16.6. The van der Waals surface area contributed by atoms with Crippen LogP contribution < -0.4 is 10.1 Å². The molecule has 0 aliphatic carbocycles. The van der Waals surface area contributed by atoms with E-state index in [4.69, 9.17) is 21.1 Å². The number of rotatable bonds is 3. The van der Waals surface area contributed by atoms with Gasteiger partial charge in [-0.2, -0.15) is 0 Å². The molecule has 1 N–H and O–H groups in total. The fourth-order valence-corrected chi connectivity index (χ4v) is 2.93. The molecule has 24 heavy (non-hydrogen) atoms. The van der Waals surface area contributed by atoms with Crippen molar-refractivity contribution >= 4 is 29.5 Å². The average molecular weight is 353 g/mol. The SMILES string of the molecule is C[C@@H](OC(=O)[C@@H]1COc2ccc(Cl)cc2C1)C(=O)N1CCNC1=O. The number of urea groups is 1. The lowest BCUT2D eigenvalue weighted by Gasteiger charge is -2.26. The van der Waals surface area contributed by atoms with Crippen LogP contribution in [0.1, 0.15) is 12.5 Å². The highest BCUT2D eigenvalue weighted by Crippen LogP contribution is 2.30. The summed E-state index contributed by atoms with van der Waals surface area (Å²) in [5.41, 5.74) is 0.827. The molecular formula is C16H17ClN2O5. The summed E-state index contributed by atoms with van der Waals surface area (Å²) in [6.45, 7) is 2.32. The van der Waals surface area contributed by atoms with Gasteiger partial charge >= 0.3 is 12.0 Å². The van der Waals surface area contributed by atoms with Gasteiger partial charge in [-0.15, -0.1) is 0 Å². The van der Waals surface area contributed by atoms with Crippen molar-refractivity contribution in [3.63, 3.8) is 0 Å². The van der Waals surface area contributed by atoms with Gasteiger partial charge in [0, 0.05) is 18.1 Å². The lowest BCUT2D eigenvalue weighted by atomic mass is 9.97. The lowest BCUT2D eigenvalue weighted by Crippen LogP contribution is -2.43. The van der Waals surface area contributed by atoms with Crippen LogP contribution in [0.15, 0.2) is 18.2 Å². The molecular weight excluding hydrogens is 336 g/mol. The van der Waals surface area contributed by atoms with Crippen molar-refractivity contribution in [1.29, 1.82) is 0 Å². The molecule has 0 radical (unpaired) electrons. The molecule has 7 nitrogen and oxygen atoms in total. The Kier molecular flexibility index (Phi) is 4.62. The van der Waals surface area contributed by atoms with E-state index in [1.165, 1.54) is 6.92 Å². The van der Waals surface area contributed by atoms with Crippen molar-refractivity contribution in [2.45, 2.75) is 19.4 Å². The van der Waals surface area contributed by atoms with Gasteiger partial charge in [-0.1, -0.05) is 11.6 Å². The molecule has 1 saturated heterocycles. The van der Waals surface area contributed by atoms with Crippen LogP contribution in [-0.4, -0.2) is 48.6 Å². The van der Waals surface area contributed by atoms with Crippen molar-refractivity contribution in [3.8, 4) is 5.75 Å². The zero-order chi connectivity index (χ0) is 17.3. The number of carbonyl (C=O) groups excluding carboxylic acids is 3. The summed E-state index contributed by atoms with van der Waals surface area (Å²) in [6.07, 6.45) is -0.595. The number of carbonyl (C=O) groups is 3. The smallest absolute Gasteiger partial charge is 0.324 e. The van der Waals surface area contributed by atoms with E-state index in [2.05, 4.69) is 5.32 Å². The van der Waals surface area contributed by atoms with Crippen LogP contribution in [-0.2, 0) is 20.7 Å². The van der Waals surface area contributed by atoms with Gasteiger partial charge in [0.15, 0.2) is 6.10 Å². The standard InChI is InChI=1S/C16H17ClN2O5/c1-9(14(20)19-5-4-18-16(19)22)24-15(21)11-6-10-7-12(17)2-3-13(10)23-8-11/h2-3,7,9,11H,4-6,8H2,1H3,(H,18,22)/t9-,11+/m1/s1. The number of hydrogen-bond acceptors (Lipinski definition) is 5. The molecule has 128 valence electrons. The van der Waals surface area contributed by atoms with E-state index in [0.29, 0.717) is 23.7 Å². The van der Waals surface area contributed by atoms with E-state index in [1.807, 2.05) is 0 Å². The molecule has 0 aromatic heterocycles. The molecule has 2 aliphatic rings. The topological polar surface area (TPSA) is 84.9 Å². The maximum atomic E-state index is 12.3. The van der Waals surface area contributed by atoms with Crippen LogP contribution in [0.25, 0.3) is 0 Å². The van der Waals surface area contributed by atoms with Gasteiger partial charge in [-0.3, -0.25) is 14.5 Å². The van der Waals surface area contributed by atoms with Gasteiger partial charge in [0.25, 0.3) is 5.91 Å². The Morgan fingerprint density at radius 2 is 2.25 bits per heavy atom. The summed E-state index contributed by atoms with van der Waals surface area (Å²) in [7, 11) is 0. The van der Waals surface area contributed by atoms with Crippen LogP contribution >= 0.6 is 11.6 Å². The van der Waals surface area contributed by atoms with E-state index >= 15 is 0 Å². The largest absolute Gasteiger partial charge is 0.492 e. The summed E-state index contributed by atoms with van der Waals surface area (Å²) in [4.78, 5) is 37.0. The summed E-state index contributed by atoms with van der Waals surface area (Å²) in [5, 5.41) is 3.10. The molecule has 1 aromatic carbocycles. The van der Waals surface area contributed by atoms with E-state index in [1.54, 1.807) is 18.2 Å². The Bertz CT molecular complexity index is 693. The molecule has 0 unspecified atom stereocenters. The minimum Gasteiger partial charge on any atom is -0.492 e. The number of halogens is 1. The van der Waals surface area contributed by atoms with Gasteiger partial charge in [-0.05, 0) is 37.1 Å². The minimum absolute atomic E-state index is 0.179. The Hall–Kier alpha value is -2.28. The molecule has 2 heterocycles. The second kappa shape index (κ2) is 6.68. The number of hydrogen-bond donors (Lipinski definition) is 1. The molecule has 0 spiro atoms. The van der Waals surface area contributed by atoms with Crippen LogP contribution in [0.2, 0.25) is 5.02 Å². The molecule has 3 amide bonds. The second-order valence-electron chi connectivity index (χ2n) is 5.77. The van der Waals surface area contributed by atoms with E-state index in [9.17, 15) is 14.4 Å². The highest BCUT2D eigenvalue weighted by Gasteiger charge is 2.34. The molecule has 2 aliphatic heterocycles. The first-order chi connectivity index (χ1) is 11.5. The van der Waals surface area contributed by atoms with Crippen LogP contribution in [0, 0.1) is 5.92 Å². The van der Waals surface area contributed by atoms with Crippen molar-refractivity contribution < 1.29 is 23.9 Å². The van der Waals surface area contributed by atoms with Crippen molar-refractivity contribution in [2.24, 2.45) is 5.92 Å². The maximum absolute atomic E-state index is 12.3. The monoisotopic (exact) mass is 352 g/mol. The number of nitrogens with one attached hydrogen (secondary N) is 1. The van der Waals surface area contributed by atoms with Crippen LogP contribution in [0.5, 0.6) is 5.75 Å². The molecule has 8 heteroatoms. The fourth-order valence-electron chi connectivity index (χ4n) is 2.74. The molecule has 3 rings (SSSR count). The Balaban J connectivity index is 1.61. The second-order valence-corrected chi connectivity index (χ2v) is 6.20. The van der Waals surface area contributed by atoms with Crippen molar-refractivity contribution in [2.75, 3.05) is 19.7 Å². The van der Waals surface area contributed by atoms with E-state index in [0.717, 1.165) is 10.5 Å². The van der Waals surface area contributed by atoms with Crippen molar-refractivity contribution in [1.82, 2.24) is 10.2 Å². The Labute approximate surface area is 143 Å². The number of imide groups is 1. The van der Waals surface area contributed by atoms with Gasteiger partial charge in [0.05, 0.1) is 5.92 Å². The lowest BCUT2D eigenvalue weighted by molar-refractivity contribution is -0.162. The highest BCUT2D eigenvalue weighted by atomic mass is 35.5. The molecule has 1 fully saturated rings. The van der Waals surface area contributed by atoms with Gasteiger partial charge < -0.3 is 14.8 Å². The van der Waals surface area contributed by atoms with E-state index in [-0.39, 0.29) is 13.2 Å². The summed E-state index contributed by atoms with van der Waals surface area (Å²) < 4.78 is 10.8. The fraction of sp³-hybridized carbons (Fsp3) is 0.438. The summed E-state index contributed by atoms with van der Waals surface area (Å²) in [5.74, 6) is -0.875. The van der Waals surface area contributed by atoms with Crippen LogP contribution in [0.4, 0.5) is 4.79 Å². The number of benzene rings is 1. The molecule has 0 saturated carbocycles. The maximum Gasteiger partial charge on any atom is 0.324 e. The third kappa shape index (κ3) is 3.31. The summed E-state index contributed by atoms with van der Waals surface area (Å²) in [6, 6.07) is 4.77. The molecule has 1 aromatic rings. The zero-order valence-corrected chi connectivity index (χ0v) is 13.8. The number of amides is 3. The number of fused-ring (bicyclic) bond motifs is 1. The predicted molar refractivity (Wildman–Crippen MR) is 84.8 cm³/mol. The third-order valence-electron chi connectivity index (χ3n) is 4.03. The van der Waals surface area contributed by atoms with Crippen molar-refractivity contribution in [3.05, 3.63) is 28.8 Å². The third-order valence-corrected chi connectivity index (χ3v) is 4.26. The average Bonchev–Trinajstić information content (AvgIpc) is 2.99. The van der Waals surface area contributed by atoms with Gasteiger partial charge in [0.1, 0.15) is 12.4 Å². The normalized spacial score (nSPS) is 20.7. The Morgan fingerprint density at radius 1 is 1.46 bits per heavy atom. The highest BCUT2D eigenvalue weighted by molar-refractivity contribution is 6.30. The first-order valence-corrected chi connectivity index (χ1v) is 8.04. The Morgan fingerprint density at radius 3 is 2.96 bits per heavy atom. The number of esters is 1. The van der Waals surface area contributed by atoms with E-state index < -0.39 is 29.9 Å². The quantitative estimate of drug-likeness (QED) is 0.831. The number of ether oxygens (including phenoxy) is 2. The molecule has 2 atom stereocenters. The van der Waals surface area contributed by atoms with Gasteiger partial charge in [-0.25, -0.2) is 4.79 Å². The first-order valence-electron chi connectivity index (χ1n) is 7.66. The zero-order valence-electron chi connectivity index (χ0n) is 13.1. The van der Waals surface area contributed by atoms with Gasteiger partial charge in [0.2, 0.25) is 0 Å². The summed E-state index contributed by atoms with van der Waals surface area (Å²) >= 11 is 5.96. The minimum atomic E-state index is -1.03. The molecule has 0 bridgehead atoms.